The zero-order valence-corrected chi connectivity index (χ0v) is 26.2. The van der Waals surface area contributed by atoms with E-state index in [1.54, 1.807) is 27.2 Å². The van der Waals surface area contributed by atoms with E-state index in [2.05, 4.69) is 12.1 Å². The third kappa shape index (κ3) is 6.86. The Labute approximate surface area is 256 Å². The number of rotatable bonds is 10. The van der Waals surface area contributed by atoms with Gasteiger partial charge in [-0.25, -0.2) is 0 Å². The first-order valence-electron chi connectivity index (χ1n) is 13.6. The maximum atomic E-state index is 11.8. The lowest BCUT2D eigenvalue weighted by Crippen LogP contribution is -2.52. The fourth-order valence-corrected chi connectivity index (χ4v) is 5.26. The van der Waals surface area contributed by atoms with Crippen molar-refractivity contribution in [3.63, 3.8) is 0 Å². The maximum absolute atomic E-state index is 11.8. The molecule has 1 atom stereocenters. The van der Waals surface area contributed by atoms with Crippen molar-refractivity contribution >= 4 is 40.4 Å². The van der Waals surface area contributed by atoms with E-state index >= 15 is 0 Å². The molecule has 1 N–H and O–H groups in total. The molecule has 2 fully saturated rings. The van der Waals surface area contributed by atoms with Gasteiger partial charge in [-0.05, 0) is 39.8 Å². The summed E-state index contributed by atoms with van der Waals surface area (Å²) in [6.07, 6.45) is -0.471. The van der Waals surface area contributed by atoms with Crippen LogP contribution in [0.2, 0.25) is 10.0 Å². The van der Waals surface area contributed by atoms with Crippen molar-refractivity contribution in [2.24, 2.45) is 0 Å². The SMILES string of the molecule is CCOc1c(C(C)=O)cc(Cl)c(C#N)c1N1CC(OC)C1.CCOc1c(C(C)O)cc(Cl)c(C#N)c1N1CC(OC)C1. The Morgan fingerprint density at radius 3 is 1.74 bits per heavy atom. The number of nitriles is 2. The number of carbonyl (C=O) groups is 1. The van der Waals surface area contributed by atoms with E-state index in [1.807, 2.05) is 23.6 Å². The summed E-state index contributed by atoms with van der Waals surface area (Å²) in [5, 5.41) is 29.3. The molecule has 2 heterocycles. The minimum absolute atomic E-state index is 0.116. The Bertz CT molecular complexity index is 1380. The van der Waals surface area contributed by atoms with Crippen molar-refractivity contribution in [1.82, 2.24) is 0 Å². The van der Waals surface area contributed by atoms with Crippen LogP contribution >= 0.6 is 23.2 Å². The van der Waals surface area contributed by atoms with Crippen LogP contribution < -0.4 is 19.3 Å². The first kappa shape index (κ1) is 33.3. The summed E-state index contributed by atoms with van der Waals surface area (Å²) in [6.45, 7) is 10.3. The molecule has 0 aromatic heterocycles. The van der Waals surface area contributed by atoms with Crippen LogP contribution in [0.4, 0.5) is 11.4 Å². The monoisotopic (exact) mass is 618 g/mol. The molecule has 226 valence electrons. The number of aliphatic hydroxyl groups is 1. The second-order valence-corrected chi connectivity index (χ2v) is 10.6. The molecule has 12 heteroatoms. The number of ether oxygens (including phenoxy) is 4. The molecule has 0 amide bonds. The third-order valence-corrected chi connectivity index (χ3v) is 7.66. The van der Waals surface area contributed by atoms with Crippen LogP contribution in [-0.4, -0.2) is 76.7 Å². The number of ketones is 1. The number of aliphatic hydroxyl groups excluding tert-OH is 1. The van der Waals surface area contributed by atoms with Crippen LogP contribution in [0.3, 0.4) is 0 Å². The highest BCUT2D eigenvalue weighted by atomic mass is 35.5. The van der Waals surface area contributed by atoms with Gasteiger partial charge in [0.2, 0.25) is 0 Å². The summed E-state index contributed by atoms with van der Waals surface area (Å²) >= 11 is 12.4. The zero-order valence-electron chi connectivity index (χ0n) is 24.7. The number of methoxy groups -OCH3 is 2. The van der Waals surface area contributed by atoms with Crippen LogP contribution in [0.1, 0.15) is 60.8 Å². The largest absolute Gasteiger partial charge is 0.491 e. The van der Waals surface area contributed by atoms with Gasteiger partial charge in [0.1, 0.15) is 17.9 Å². The maximum Gasteiger partial charge on any atom is 0.163 e. The standard InChI is InChI=1S/C15H19ClN2O3.C15H17ClN2O3/c2*1-4-21-15-11(9(2)19)5-13(16)12(6-17)14(15)18-7-10(8-18)20-3/h5,9-10,19H,4,7-8H2,1-3H3;5,10H,4,7-8H2,1-3H3. The molecular formula is C30H36Cl2N4O6. The van der Waals surface area contributed by atoms with Crippen LogP contribution in [0, 0.1) is 22.7 Å². The summed E-state index contributed by atoms with van der Waals surface area (Å²) in [6, 6.07) is 7.35. The van der Waals surface area contributed by atoms with Gasteiger partial charge in [0.05, 0.1) is 69.6 Å². The molecule has 0 bridgehead atoms. The third-order valence-electron chi connectivity index (χ3n) is 7.07. The predicted molar refractivity (Wildman–Crippen MR) is 161 cm³/mol. The van der Waals surface area contributed by atoms with E-state index in [9.17, 15) is 20.4 Å². The highest BCUT2D eigenvalue weighted by molar-refractivity contribution is 6.33. The van der Waals surface area contributed by atoms with E-state index in [4.69, 9.17) is 42.1 Å². The van der Waals surface area contributed by atoms with Crippen molar-refractivity contribution in [2.45, 2.75) is 46.0 Å². The van der Waals surface area contributed by atoms with Crippen LogP contribution in [0.5, 0.6) is 11.5 Å². The molecular weight excluding hydrogens is 583 g/mol. The van der Waals surface area contributed by atoms with Crippen LogP contribution in [0.15, 0.2) is 12.1 Å². The minimum atomic E-state index is -0.727. The number of anilines is 2. The van der Waals surface area contributed by atoms with Gasteiger partial charge in [0, 0.05) is 46.0 Å². The lowest BCUT2D eigenvalue weighted by atomic mass is 10.00. The van der Waals surface area contributed by atoms with Crippen molar-refractivity contribution in [3.8, 4) is 23.6 Å². The molecule has 4 rings (SSSR count). The van der Waals surface area contributed by atoms with Gasteiger partial charge in [-0.2, -0.15) is 10.5 Å². The van der Waals surface area contributed by atoms with E-state index < -0.39 is 6.10 Å². The van der Waals surface area contributed by atoms with Gasteiger partial charge in [-0.3, -0.25) is 4.79 Å². The average molecular weight is 620 g/mol. The first-order valence-corrected chi connectivity index (χ1v) is 14.3. The van der Waals surface area contributed by atoms with Gasteiger partial charge in [0.15, 0.2) is 11.5 Å². The second-order valence-electron chi connectivity index (χ2n) is 9.81. The number of halogens is 2. The fourth-order valence-electron chi connectivity index (χ4n) is 4.77. The second kappa shape index (κ2) is 14.8. The van der Waals surface area contributed by atoms with Gasteiger partial charge in [-0.15, -0.1) is 0 Å². The smallest absolute Gasteiger partial charge is 0.163 e. The van der Waals surface area contributed by atoms with Crippen LogP contribution in [0.25, 0.3) is 0 Å². The first-order chi connectivity index (χ1) is 20.1. The summed E-state index contributed by atoms with van der Waals surface area (Å²) in [5.41, 5.74) is 2.94. The van der Waals surface area contributed by atoms with Crippen molar-refractivity contribution in [3.05, 3.63) is 44.4 Å². The minimum Gasteiger partial charge on any atom is -0.491 e. The van der Waals surface area contributed by atoms with Gasteiger partial charge in [-0.1, -0.05) is 23.2 Å². The molecule has 2 aliphatic heterocycles. The number of benzene rings is 2. The van der Waals surface area contributed by atoms with E-state index in [-0.39, 0.29) is 23.0 Å². The quantitative estimate of drug-likeness (QED) is 0.357. The summed E-state index contributed by atoms with van der Waals surface area (Å²) in [7, 11) is 3.31. The topological polar surface area (TPSA) is 128 Å². The molecule has 2 aliphatic rings. The van der Waals surface area contributed by atoms with E-state index in [1.165, 1.54) is 13.0 Å². The van der Waals surface area contributed by atoms with Crippen molar-refractivity contribution in [1.29, 1.82) is 10.5 Å². The fraction of sp³-hybridized carbons (Fsp3) is 0.500. The number of carbonyl (C=O) groups excluding carboxylic acids is 1. The number of Topliss-reactive ketones (excluding diaryl/α,β-unsaturated/α-hetero) is 1. The Morgan fingerprint density at radius 1 is 0.929 bits per heavy atom. The molecule has 42 heavy (non-hydrogen) atoms. The number of hydrogen-bond donors (Lipinski definition) is 1. The molecule has 0 saturated carbocycles. The van der Waals surface area contributed by atoms with Crippen molar-refractivity contribution < 1.29 is 28.8 Å². The Morgan fingerprint density at radius 2 is 1.36 bits per heavy atom. The molecule has 2 aromatic rings. The van der Waals surface area contributed by atoms with E-state index in [0.29, 0.717) is 89.5 Å². The molecule has 0 radical (unpaired) electrons. The normalized spacial score (nSPS) is 15.4. The summed E-state index contributed by atoms with van der Waals surface area (Å²) in [5.74, 6) is 0.818. The number of hydrogen-bond acceptors (Lipinski definition) is 10. The molecule has 2 aromatic carbocycles. The molecule has 1 unspecified atom stereocenters. The Balaban J connectivity index is 0.000000230. The highest BCUT2D eigenvalue weighted by Crippen LogP contribution is 2.44. The lowest BCUT2D eigenvalue weighted by Gasteiger charge is -2.41. The van der Waals surface area contributed by atoms with Crippen LogP contribution in [-0.2, 0) is 9.47 Å². The Hall–Kier alpha value is -3.25. The Kier molecular flexibility index (Phi) is 11.7. The zero-order chi connectivity index (χ0) is 31.1. The number of nitrogens with zero attached hydrogens (tertiary/aromatic N) is 4. The summed E-state index contributed by atoms with van der Waals surface area (Å²) < 4.78 is 21.9. The van der Waals surface area contributed by atoms with Gasteiger partial charge < -0.3 is 33.9 Å². The molecule has 10 nitrogen and oxygen atoms in total. The molecule has 2 saturated heterocycles. The summed E-state index contributed by atoms with van der Waals surface area (Å²) in [4.78, 5) is 15.8. The highest BCUT2D eigenvalue weighted by Gasteiger charge is 2.34. The van der Waals surface area contributed by atoms with E-state index in [0.717, 1.165) is 0 Å². The molecule has 0 aliphatic carbocycles. The predicted octanol–water partition coefficient (Wildman–Crippen LogP) is 5.15. The lowest BCUT2D eigenvalue weighted by molar-refractivity contribution is 0.0782. The van der Waals surface area contributed by atoms with Crippen molar-refractivity contribution in [2.75, 3.05) is 63.4 Å². The molecule has 0 spiro atoms. The van der Waals surface area contributed by atoms with Gasteiger partial charge in [0.25, 0.3) is 0 Å². The van der Waals surface area contributed by atoms with Gasteiger partial charge >= 0.3 is 0 Å². The average Bonchev–Trinajstić information content (AvgIpc) is 2.90.